The number of aromatic nitrogens is 2. The number of anilines is 3. The third kappa shape index (κ3) is 2.71. The summed E-state index contributed by atoms with van der Waals surface area (Å²) in [4.78, 5) is 10.2. The SMILES string of the molecule is Cc1c(Cl)ncnc1Nc1ccc(N(C)C)cc1. The molecule has 2 rings (SSSR count). The van der Waals surface area contributed by atoms with Crippen molar-refractivity contribution in [2.24, 2.45) is 0 Å². The van der Waals surface area contributed by atoms with Gasteiger partial charge in [-0.3, -0.25) is 0 Å². The van der Waals surface area contributed by atoms with E-state index in [1.54, 1.807) is 0 Å². The molecule has 1 heterocycles. The number of hydrogen-bond donors (Lipinski definition) is 1. The van der Waals surface area contributed by atoms with Crippen LogP contribution < -0.4 is 10.2 Å². The highest BCUT2D eigenvalue weighted by Crippen LogP contribution is 2.23. The van der Waals surface area contributed by atoms with Gasteiger partial charge in [0, 0.05) is 31.0 Å². The van der Waals surface area contributed by atoms with Gasteiger partial charge in [0.1, 0.15) is 17.3 Å². The van der Waals surface area contributed by atoms with Crippen LogP contribution in [-0.2, 0) is 0 Å². The summed E-state index contributed by atoms with van der Waals surface area (Å²) >= 11 is 5.95. The normalized spacial score (nSPS) is 10.2. The van der Waals surface area contributed by atoms with E-state index in [9.17, 15) is 0 Å². The van der Waals surface area contributed by atoms with Gasteiger partial charge in [-0.2, -0.15) is 0 Å². The Morgan fingerprint density at radius 2 is 1.78 bits per heavy atom. The Labute approximate surface area is 112 Å². The van der Waals surface area contributed by atoms with Gasteiger partial charge in [-0.1, -0.05) is 11.6 Å². The van der Waals surface area contributed by atoms with Crippen molar-refractivity contribution < 1.29 is 0 Å². The predicted molar refractivity (Wildman–Crippen MR) is 75.8 cm³/mol. The van der Waals surface area contributed by atoms with Gasteiger partial charge in [-0.25, -0.2) is 9.97 Å². The minimum absolute atomic E-state index is 0.470. The quantitative estimate of drug-likeness (QED) is 0.862. The zero-order valence-electron chi connectivity index (χ0n) is 10.6. The van der Waals surface area contributed by atoms with Gasteiger partial charge in [0.2, 0.25) is 0 Å². The highest BCUT2D eigenvalue weighted by Gasteiger charge is 2.05. The molecule has 4 nitrogen and oxygen atoms in total. The van der Waals surface area contributed by atoms with Crippen LogP contribution in [0.25, 0.3) is 0 Å². The summed E-state index contributed by atoms with van der Waals surface area (Å²) in [6.07, 6.45) is 1.45. The molecule has 0 fully saturated rings. The minimum Gasteiger partial charge on any atom is -0.378 e. The van der Waals surface area contributed by atoms with Gasteiger partial charge in [0.05, 0.1) is 0 Å². The van der Waals surface area contributed by atoms with Crippen LogP contribution in [0.15, 0.2) is 30.6 Å². The van der Waals surface area contributed by atoms with Gasteiger partial charge in [0.25, 0.3) is 0 Å². The van der Waals surface area contributed by atoms with Crippen LogP contribution in [0.1, 0.15) is 5.56 Å². The predicted octanol–water partition coefficient (Wildman–Crippen LogP) is 3.25. The average Bonchev–Trinajstić information content (AvgIpc) is 2.36. The van der Waals surface area contributed by atoms with E-state index in [0.717, 1.165) is 22.8 Å². The zero-order valence-corrected chi connectivity index (χ0v) is 11.4. The zero-order chi connectivity index (χ0) is 13.1. The largest absolute Gasteiger partial charge is 0.378 e. The van der Waals surface area contributed by atoms with E-state index in [4.69, 9.17) is 11.6 Å². The molecule has 0 spiro atoms. The number of hydrogen-bond acceptors (Lipinski definition) is 4. The van der Waals surface area contributed by atoms with Crippen LogP contribution in [0.2, 0.25) is 5.15 Å². The first-order chi connectivity index (χ1) is 8.58. The molecule has 5 heteroatoms. The summed E-state index contributed by atoms with van der Waals surface area (Å²) in [5, 5.41) is 3.69. The Morgan fingerprint density at radius 1 is 1.11 bits per heavy atom. The molecule has 0 radical (unpaired) electrons. The Hall–Kier alpha value is -1.81. The lowest BCUT2D eigenvalue weighted by Crippen LogP contribution is -2.08. The number of rotatable bonds is 3. The summed E-state index contributed by atoms with van der Waals surface area (Å²) in [5.74, 6) is 0.729. The monoisotopic (exact) mass is 262 g/mol. The molecule has 0 amide bonds. The minimum atomic E-state index is 0.470. The standard InChI is InChI=1S/C13H15ClN4/c1-9-12(14)15-8-16-13(9)17-10-4-6-11(7-5-10)18(2)3/h4-8H,1-3H3,(H,15,16,17). The van der Waals surface area contributed by atoms with Crippen molar-refractivity contribution in [1.29, 1.82) is 0 Å². The molecule has 94 valence electrons. The summed E-state index contributed by atoms with van der Waals surface area (Å²) < 4.78 is 0. The third-order valence-electron chi connectivity index (χ3n) is 2.67. The van der Waals surface area contributed by atoms with Crippen molar-refractivity contribution in [2.45, 2.75) is 6.92 Å². The van der Waals surface area contributed by atoms with Crippen LogP contribution in [0.4, 0.5) is 17.2 Å². The summed E-state index contributed by atoms with van der Waals surface area (Å²) in [6.45, 7) is 1.89. The smallest absolute Gasteiger partial charge is 0.138 e. The van der Waals surface area contributed by atoms with Crippen LogP contribution in [-0.4, -0.2) is 24.1 Å². The molecular weight excluding hydrogens is 248 g/mol. The maximum absolute atomic E-state index is 5.95. The first-order valence-corrected chi connectivity index (χ1v) is 5.97. The molecule has 0 aliphatic rings. The van der Waals surface area contributed by atoms with E-state index in [0.29, 0.717) is 5.15 Å². The Balaban J connectivity index is 2.21. The molecule has 18 heavy (non-hydrogen) atoms. The molecule has 1 aromatic carbocycles. The van der Waals surface area contributed by atoms with Gasteiger partial charge in [-0.05, 0) is 31.2 Å². The van der Waals surface area contributed by atoms with E-state index in [1.807, 2.05) is 45.3 Å². The lowest BCUT2D eigenvalue weighted by Gasteiger charge is -2.13. The molecule has 0 saturated heterocycles. The average molecular weight is 263 g/mol. The molecule has 0 saturated carbocycles. The fraction of sp³-hybridized carbons (Fsp3) is 0.231. The lowest BCUT2D eigenvalue weighted by atomic mass is 10.2. The molecular formula is C13H15ClN4. The summed E-state index contributed by atoms with van der Waals surface area (Å²) in [6, 6.07) is 8.09. The highest BCUT2D eigenvalue weighted by molar-refractivity contribution is 6.30. The molecule has 0 aliphatic heterocycles. The fourth-order valence-corrected chi connectivity index (χ4v) is 1.67. The van der Waals surface area contributed by atoms with Crippen molar-refractivity contribution in [3.05, 3.63) is 41.3 Å². The Morgan fingerprint density at radius 3 is 2.39 bits per heavy atom. The molecule has 0 atom stereocenters. The van der Waals surface area contributed by atoms with E-state index >= 15 is 0 Å². The molecule has 0 unspecified atom stereocenters. The second kappa shape index (κ2) is 5.23. The maximum atomic E-state index is 5.95. The first-order valence-electron chi connectivity index (χ1n) is 5.59. The fourth-order valence-electron chi connectivity index (χ4n) is 1.53. The van der Waals surface area contributed by atoms with Crippen molar-refractivity contribution in [3.63, 3.8) is 0 Å². The van der Waals surface area contributed by atoms with E-state index in [2.05, 4.69) is 20.2 Å². The molecule has 2 aromatic rings. The summed E-state index contributed by atoms with van der Waals surface area (Å²) in [7, 11) is 4.02. The highest BCUT2D eigenvalue weighted by atomic mass is 35.5. The van der Waals surface area contributed by atoms with Crippen LogP contribution in [0.5, 0.6) is 0 Å². The Bertz CT molecular complexity index is 537. The van der Waals surface area contributed by atoms with Gasteiger partial charge in [-0.15, -0.1) is 0 Å². The van der Waals surface area contributed by atoms with Gasteiger partial charge in [0.15, 0.2) is 0 Å². The van der Waals surface area contributed by atoms with Crippen LogP contribution in [0, 0.1) is 6.92 Å². The van der Waals surface area contributed by atoms with Crippen molar-refractivity contribution in [3.8, 4) is 0 Å². The van der Waals surface area contributed by atoms with Gasteiger partial charge >= 0.3 is 0 Å². The first kappa shape index (κ1) is 12.6. The van der Waals surface area contributed by atoms with Crippen LogP contribution >= 0.6 is 11.6 Å². The number of nitrogens with zero attached hydrogens (tertiary/aromatic N) is 3. The van der Waals surface area contributed by atoms with Crippen LogP contribution in [0.3, 0.4) is 0 Å². The molecule has 1 aromatic heterocycles. The van der Waals surface area contributed by atoms with Crippen molar-refractivity contribution >= 4 is 28.8 Å². The van der Waals surface area contributed by atoms with Crippen molar-refractivity contribution in [1.82, 2.24) is 9.97 Å². The lowest BCUT2D eigenvalue weighted by molar-refractivity contribution is 1.12. The number of nitrogens with one attached hydrogen (secondary N) is 1. The molecule has 0 bridgehead atoms. The Kier molecular flexibility index (Phi) is 3.67. The number of benzene rings is 1. The second-order valence-electron chi connectivity index (χ2n) is 4.20. The van der Waals surface area contributed by atoms with Gasteiger partial charge < -0.3 is 10.2 Å². The van der Waals surface area contributed by atoms with E-state index in [-0.39, 0.29) is 0 Å². The van der Waals surface area contributed by atoms with E-state index < -0.39 is 0 Å². The maximum Gasteiger partial charge on any atom is 0.138 e. The van der Waals surface area contributed by atoms with Crippen molar-refractivity contribution in [2.75, 3.05) is 24.3 Å². The number of halogens is 1. The molecule has 0 aliphatic carbocycles. The summed E-state index contributed by atoms with van der Waals surface area (Å²) in [5.41, 5.74) is 2.97. The third-order valence-corrected chi connectivity index (χ3v) is 3.05. The topological polar surface area (TPSA) is 41.1 Å². The molecule has 1 N–H and O–H groups in total. The second-order valence-corrected chi connectivity index (χ2v) is 4.56. The van der Waals surface area contributed by atoms with E-state index in [1.165, 1.54) is 6.33 Å².